The molecule has 10 heteroatoms. The summed E-state index contributed by atoms with van der Waals surface area (Å²) in [4.78, 5) is 11.4. The molecule has 1 amide bonds. The Bertz CT molecular complexity index is 1010. The van der Waals surface area contributed by atoms with Gasteiger partial charge in [-0.3, -0.25) is 4.79 Å². The Labute approximate surface area is 165 Å². The van der Waals surface area contributed by atoms with E-state index in [2.05, 4.69) is 10.6 Å². The molecule has 1 saturated heterocycles. The van der Waals surface area contributed by atoms with Crippen molar-refractivity contribution in [3.05, 3.63) is 59.7 Å². The van der Waals surface area contributed by atoms with Gasteiger partial charge in [0.2, 0.25) is 15.7 Å². The molecule has 0 aromatic heterocycles. The molecule has 29 heavy (non-hydrogen) atoms. The topological polar surface area (TPSA) is 75.3 Å². The van der Waals surface area contributed by atoms with Gasteiger partial charge in [-0.05, 0) is 29.8 Å². The molecule has 0 radical (unpaired) electrons. The zero-order valence-electron chi connectivity index (χ0n) is 15.0. The van der Waals surface area contributed by atoms with Gasteiger partial charge in [0.15, 0.2) is 0 Å². The molecular weight excluding hydrogens is 412 g/mol. The van der Waals surface area contributed by atoms with Crippen LogP contribution in [0.1, 0.15) is 17.5 Å². The van der Waals surface area contributed by atoms with Crippen LogP contribution in [0.3, 0.4) is 0 Å². The number of carbonyl (C=O) groups is 1. The van der Waals surface area contributed by atoms with Crippen LogP contribution in [0.2, 0.25) is 0 Å². The van der Waals surface area contributed by atoms with Crippen molar-refractivity contribution < 1.29 is 30.8 Å². The normalized spacial score (nSPS) is 19.9. The Hall–Kier alpha value is -2.46. The monoisotopic (exact) mass is 430 g/mol. The lowest BCUT2D eigenvalue weighted by Crippen LogP contribution is -2.40. The molecule has 0 bridgehead atoms. The lowest BCUT2D eigenvalue weighted by Gasteiger charge is -2.15. The van der Waals surface area contributed by atoms with Gasteiger partial charge < -0.3 is 10.6 Å². The van der Waals surface area contributed by atoms with E-state index in [-0.39, 0.29) is 30.0 Å². The van der Waals surface area contributed by atoms with E-state index in [9.17, 15) is 30.8 Å². The number of hydrogen-bond acceptors (Lipinski definition) is 4. The molecule has 0 spiro atoms. The van der Waals surface area contributed by atoms with Gasteiger partial charge in [-0.15, -0.1) is 0 Å². The van der Waals surface area contributed by atoms with Gasteiger partial charge in [0.25, 0.3) is 0 Å². The first-order chi connectivity index (χ1) is 13.6. The average molecular weight is 430 g/mol. The van der Waals surface area contributed by atoms with Crippen molar-refractivity contribution in [3.63, 3.8) is 0 Å². The summed E-state index contributed by atoms with van der Waals surface area (Å²) in [7, 11) is -4.26. The van der Waals surface area contributed by atoms with Crippen LogP contribution < -0.4 is 10.6 Å². The number of amides is 1. The van der Waals surface area contributed by atoms with Crippen LogP contribution in [0.25, 0.3) is 0 Å². The van der Waals surface area contributed by atoms with Crippen molar-refractivity contribution in [2.75, 3.05) is 6.54 Å². The van der Waals surface area contributed by atoms with E-state index in [0.717, 1.165) is 18.2 Å². The lowest BCUT2D eigenvalue weighted by atomic mass is 10.2. The minimum absolute atomic E-state index is 0.0238. The van der Waals surface area contributed by atoms with Crippen LogP contribution in [-0.4, -0.2) is 33.1 Å². The van der Waals surface area contributed by atoms with E-state index in [4.69, 9.17) is 0 Å². The summed E-state index contributed by atoms with van der Waals surface area (Å²) in [6.07, 6.45) is -5.78. The summed E-state index contributed by atoms with van der Waals surface area (Å²) in [5, 5.41) is 5.27. The number of benzene rings is 2. The minimum Gasteiger partial charge on any atom is -0.351 e. The van der Waals surface area contributed by atoms with Crippen LogP contribution in [0.4, 0.5) is 17.6 Å². The number of hydrogen-bond donors (Lipinski definition) is 2. The third-order valence-corrected chi connectivity index (χ3v) is 6.43. The summed E-state index contributed by atoms with van der Waals surface area (Å²) in [6.45, 7) is -0.0963. The van der Waals surface area contributed by atoms with Crippen molar-refractivity contribution in [1.82, 2.24) is 10.6 Å². The molecule has 2 aromatic rings. The predicted octanol–water partition coefficient (Wildman–Crippen LogP) is 2.85. The molecule has 1 aliphatic rings. The fourth-order valence-electron chi connectivity index (χ4n) is 3.08. The Morgan fingerprint density at radius 2 is 1.86 bits per heavy atom. The van der Waals surface area contributed by atoms with Gasteiger partial charge in [0.1, 0.15) is 6.17 Å². The summed E-state index contributed by atoms with van der Waals surface area (Å²) >= 11 is 0. The van der Waals surface area contributed by atoms with Gasteiger partial charge in [-0.25, -0.2) is 12.8 Å². The summed E-state index contributed by atoms with van der Waals surface area (Å²) in [6, 6.07) is 8.49. The lowest BCUT2D eigenvalue weighted by molar-refractivity contribution is -0.137. The molecule has 0 aliphatic carbocycles. The Morgan fingerprint density at radius 3 is 2.52 bits per heavy atom. The smallest absolute Gasteiger partial charge is 0.351 e. The fraction of sp³-hybridized carbons (Fsp3) is 0.316. The molecule has 2 atom stereocenters. The van der Waals surface area contributed by atoms with E-state index in [1.807, 2.05) is 0 Å². The fourth-order valence-corrected chi connectivity index (χ4v) is 4.61. The van der Waals surface area contributed by atoms with Crippen LogP contribution >= 0.6 is 0 Å². The Balaban J connectivity index is 1.85. The van der Waals surface area contributed by atoms with Gasteiger partial charge in [-0.2, -0.15) is 13.2 Å². The molecule has 5 nitrogen and oxygen atoms in total. The SMILES string of the molecule is O=C(NCc1ccccc1S(=O)(=O)c1cccc(C(F)(F)F)c1)C1CC(F)CN1. The van der Waals surface area contributed by atoms with Crippen molar-refractivity contribution >= 4 is 15.7 Å². The van der Waals surface area contributed by atoms with E-state index in [1.54, 1.807) is 6.07 Å². The summed E-state index contributed by atoms with van der Waals surface area (Å²) in [5.74, 6) is -0.476. The number of rotatable bonds is 5. The second-order valence-electron chi connectivity index (χ2n) is 6.65. The molecule has 0 saturated carbocycles. The summed E-state index contributed by atoms with van der Waals surface area (Å²) < 4.78 is 77.9. The largest absolute Gasteiger partial charge is 0.416 e. The second kappa shape index (κ2) is 8.11. The first kappa shape index (κ1) is 21.3. The van der Waals surface area contributed by atoms with Crippen molar-refractivity contribution in [3.8, 4) is 0 Å². The molecule has 1 heterocycles. The number of carbonyl (C=O) groups excluding carboxylic acids is 1. The number of alkyl halides is 4. The molecule has 1 fully saturated rings. The van der Waals surface area contributed by atoms with Crippen LogP contribution in [0, 0.1) is 0 Å². The molecule has 1 aliphatic heterocycles. The quantitative estimate of drug-likeness (QED) is 0.716. The highest BCUT2D eigenvalue weighted by Gasteiger charge is 2.33. The maximum Gasteiger partial charge on any atom is 0.416 e. The zero-order valence-corrected chi connectivity index (χ0v) is 15.9. The van der Waals surface area contributed by atoms with Crippen LogP contribution in [0.5, 0.6) is 0 Å². The van der Waals surface area contributed by atoms with Crippen LogP contribution in [-0.2, 0) is 27.4 Å². The zero-order chi connectivity index (χ0) is 21.2. The first-order valence-corrected chi connectivity index (χ1v) is 10.2. The molecule has 156 valence electrons. The Kier molecular flexibility index (Phi) is 5.95. The molecule has 2 aromatic carbocycles. The standard InChI is InChI=1S/C19H18F4N2O3S/c20-14-9-16(24-11-14)18(26)25-10-12-4-1-2-7-17(12)29(27,28)15-6-3-5-13(8-15)19(21,22)23/h1-8,14,16,24H,9-11H2,(H,25,26). The van der Waals surface area contributed by atoms with Crippen molar-refractivity contribution in [1.29, 1.82) is 0 Å². The second-order valence-corrected chi connectivity index (χ2v) is 8.57. The van der Waals surface area contributed by atoms with Gasteiger partial charge in [-0.1, -0.05) is 24.3 Å². The third kappa shape index (κ3) is 4.76. The average Bonchev–Trinajstić information content (AvgIpc) is 3.12. The minimum atomic E-state index is -4.68. The maximum atomic E-state index is 13.2. The predicted molar refractivity (Wildman–Crippen MR) is 96.5 cm³/mol. The number of sulfone groups is 1. The third-order valence-electron chi connectivity index (χ3n) is 4.58. The number of halogens is 4. The van der Waals surface area contributed by atoms with Crippen molar-refractivity contribution in [2.24, 2.45) is 0 Å². The van der Waals surface area contributed by atoms with Gasteiger partial charge in [0, 0.05) is 19.5 Å². The maximum absolute atomic E-state index is 13.2. The van der Waals surface area contributed by atoms with Crippen molar-refractivity contribution in [2.45, 2.75) is 41.1 Å². The number of nitrogens with one attached hydrogen (secondary N) is 2. The van der Waals surface area contributed by atoms with E-state index < -0.39 is 44.6 Å². The van der Waals surface area contributed by atoms with Gasteiger partial charge >= 0.3 is 6.18 Å². The Morgan fingerprint density at radius 1 is 1.14 bits per heavy atom. The molecule has 2 N–H and O–H groups in total. The van der Waals surface area contributed by atoms with E-state index in [1.165, 1.54) is 18.2 Å². The summed E-state index contributed by atoms with van der Waals surface area (Å²) in [5.41, 5.74) is -0.856. The molecular formula is C19H18F4N2O3S. The highest BCUT2D eigenvalue weighted by Crippen LogP contribution is 2.32. The van der Waals surface area contributed by atoms with Crippen LogP contribution in [0.15, 0.2) is 58.3 Å². The van der Waals surface area contributed by atoms with E-state index in [0.29, 0.717) is 6.07 Å². The van der Waals surface area contributed by atoms with Gasteiger partial charge in [0.05, 0.1) is 21.4 Å². The highest BCUT2D eigenvalue weighted by atomic mass is 32.2. The van der Waals surface area contributed by atoms with E-state index >= 15 is 0 Å². The highest BCUT2D eigenvalue weighted by molar-refractivity contribution is 7.91. The molecule has 2 unspecified atom stereocenters. The molecule has 3 rings (SSSR count). The first-order valence-electron chi connectivity index (χ1n) is 8.74.